The van der Waals surface area contributed by atoms with E-state index in [2.05, 4.69) is 46.8 Å². The fourth-order valence-corrected chi connectivity index (χ4v) is 2.60. The molecule has 0 aliphatic heterocycles. The lowest BCUT2D eigenvalue weighted by Crippen LogP contribution is -2.14. The van der Waals surface area contributed by atoms with Crippen molar-refractivity contribution in [1.29, 1.82) is 0 Å². The number of hydrogen-bond acceptors (Lipinski definition) is 2. The molecule has 2 aromatic heterocycles. The van der Waals surface area contributed by atoms with Crippen LogP contribution in [0.2, 0.25) is 0 Å². The van der Waals surface area contributed by atoms with Crippen LogP contribution in [0, 0.1) is 0 Å². The SMILES string of the molecule is Cn1cncc1Cn1cc(Br)c(C(C)(C)C)n1. The first-order valence-corrected chi connectivity index (χ1v) is 6.36. The molecule has 0 atom stereocenters. The average molecular weight is 297 g/mol. The van der Waals surface area contributed by atoms with Crippen molar-refractivity contribution in [3.8, 4) is 0 Å². The quantitative estimate of drug-likeness (QED) is 0.854. The number of rotatable bonds is 2. The maximum Gasteiger partial charge on any atom is 0.0946 e. The second-order valence-electron chi connectivity index (χ2n) is 5.27. The lowest BCUT2D eigenvalue weighted by molar-refractivity contribution is 0.539. The van der Waals surface area contributed by atoms with Crippen molar-refractivity contribution < 1.29 is 0 Å². The van der Waals surface area contributed by atoms with Crippen LogP contribution in [-0.4, -0.2) is 19.3 Å². The number of nitrogens with zero attached hydrogens (tertiary/aromatic N) is 4. The zero-order valence-electron chi connectivity index (χ0n) is 10.6. The molecule has 0 spiro atoms. The Balaban J connectivity index is 2.27. The van der Waals surface area contributed by atoms with Crippen LogP contribution in [0.15, 0.2) is 23.2 Å². The van der Waals surface area contributed by atoms with Crippen LogP contribution < -0.4 is 0 Å². The Morgan fingerprint density at radius 2 is 2.06 bits per heavy atom. The van der Waals surface area contributed by atoms with Gasteiger partial charge in [-0.1, -0.05) is 20.8 Å². The Hall–Kier alpha value is -1.10. The van der Waals surface area contributed by atoms with E-state index in [1.165, 1.54) is 0 Å². The molecule has 0 aromatic carbocycles. The molecule has 17 heavy (non-hydrogen) atoms. The Morgan fingerprint density at radius 3 is 2.53 bits per heavy atom. The van der Waals surface area contributed by atoms with E-state index in [4.69, 9.17) is 0 Å². The molecule has 0 bridgehead atoms. The van der Waals surface area contributed by atoms with Gasteiger partial charge in [-0.05, 0) is 15.9 Å². The molecule has 2 rings (SSSR count). The molecule has 2 heterocycles. The summed E-state index contributed by atoms with van der Waals surface area (Å²) >= 11 is 3.57. The average Bonchev–Trinajstić information content (AvgIpc) is 2.74. The predicted molar refractivity (Wildman–Crippen MR) is 70.9 cm³/mol. The van der Waals surface area contributed by atoms with E-state index in [9.17, 15) is 0 Å². The van der Waals surface area contributed by atoms with Gasteiger partial charge in [0.15, 0.2) is 0 Å². The van der Waals surface area contributed by atoms with E-state index in [0.717, 1.165) is 22.4 Å². The van der Waals surface area contributed by atoms with Gasteiger partial charge in [0.25, 0.3) is 0 Å². The fourth-order valence-electron chi connectivity index (χ4n) is 1.69. The summed E-state index contributed by atoms with van der Waals surface area (Å²) in [5, 5.41) is 4.63. The molecule has 0 saturated heterocycles. The minimum atomic E-state index is 0.0521. The summed E-state index contributed by atoms with van der Waals surface area (Å²) in [6, 6.07) is 0. The molecular weight excluding hydrogens is 280 g/mol. The molecule has 0 radical (unpaired) electrons. The highest BCUT2D eigenvalue weighted by molar-refractivity contribution is 9.10. The van der Waals surface area contributed by atoms with Crippen LogP contribution >= 0.6 is 15.9 Å². The van der Waals surface area contributed by atoms with E-state index < -0.39 is 0 Å². The highest BCUT2D eigenvalue weighted by Gasteiger charge is 2.21. The van der Waals surface area contributed by atoms with Gasteiger partial charge in [0.2, 0.25) is 0 Å². The zero-order chi connectivity index (χ0) is 12.6. The maximum atomic E-state index is 4.63. The number of halogens is 1. The summed E-state index contributed by atoms with van der Waals surface area (Å²) in [4.78, 5) is 4.11. The van der Waals surface area contributed by atoms with E-state index in [0.29, 0.717) is 0 Å². The number of hydrogen-bond donors (Lipinski definition) is 0. The highest BCUT2D eigenvalue weighted by atomic mass is 79.9. The Morgan fingerprint density at radius 1 is 1.35 bits per heavy atom. The molecule has 0 N–H and O–H groups in total. The monoisotopic (exact) mass is 296 g/mol. The normalized spacial score (nSPS) is 12.1. The van der Waals surface area contributed by atoms with Crippen molar-refractivity contribution in [3.05, 3.63) is 34.6 Å². The molecule has 0 unspecified atom stereocenters. The van der Waals surface area contributed by atoms with Crippen molar-refractivity contribution in [2.45, 2.75) is 32.7 Å². The third kappa shape index (κ3) is 2.60. The van der Waals surface area contributed by atoms with Gasteiger partial charge in [0, 0.05) is 18.7 Å². The van der Waals surface area contributed by atoms with Crippen LogP contribution in [0.25, 0.3) is 0 Å². The summed E-state index contributed by atoms with van der Waals surface area (Å²) in [7, 11) is 1.99. The molecule has 0 saturated carbocycles. The summed E-state index contributed by atoms with van der Waals surface area (Å²) in [6.07, 6.45) is 5.69. The predicted octanol–water partition coefficient (Wildman–Crippen LogP) is 2.72. The lowest BCUT2D eigenvalue weighted by Gasteiger charge is -2.15. The van der Waals surface area contributed by atoms with Gasteiger partial charge >= 0.3 is 0 Å². The molecule has 0 fully saturated rings. The van der Waals surface area contributed by atoms with E-state index in [1.54, 1.807) is 6.33 Å². The van der Waals surface area contributed by atoms with Gasteiger partial charge in [-0.25, -0.2) is 4.98 Å². The zero-order valence-corrected chi connectivity index (χ0v) is 12.2. The summed E-state index contributed by atoms with van der Waals surface area (Å²) < 4.78 is 5.01. The standard InChI is InChI=1S/C12H17BrN4/c1-12(2,3)11-10(13)7-17(15-11)6-9-5-14-8-16(9)4/h5,7-8H,6H2,1-4H3. The minimum Gasteiger partial charge on any atom is -0.336 e. The van der Waals surface area contributed by atoms with Gasteiger partial charge < -0.3 is 4.57 Å². The molecule has 0 aliphatic rings. The molecule has 4 nitrogen and oxygen atoms in total. The number of imidazole rings is 1. The lowest BCUT2D eigenvalue weighted by atomic mass is 9.93. The van der Waals surface area contributed by atoms with Crippen molar-refractivity contribution in [2.75, 3.05) is 0 Å². The summed E-state index contributed by atoms with van der Waals surface area (Å²) in [5.41, 5.74) is 2.27. The number of aryl methyl sites for hydroxylation is 1. The van der Waals surface area contributed by atoms with Crippen molar-refractivity contribution in [1.82, 2.24) is 19.3 Å². The van der Waals surface area contributed by atoms with Gasteiger partial charge in [-0.3, -0.25) is 4.68 Å². The third-order valence-corrected chi connectivity index (χ3v) is 3.25. The van der Waals surface area contributed by atoms with Crippen molar-refractivity contribution in [3.63, 3.8) is 0 Å². The van der Waals surface area contributed by atoms with E-state index >= 15 is 0 Å². The number of aromatic nitrogens is 4. The molecule has 2 aromatic rings. The molecule has 0 aliphatic carbocycles. The first kappa shape index (κ1) is 12.4. The maximum absolute atomic E-state index is 4.63. The molecule has 0 amide bonds. The molecular formula is C12H17BrN4. The largest absolute Gasteiger partial charge is 0.336 e. The Kier molecular flexibility index (Phi) is 3.12. The van der Waals surface area contributed by atoms with Gasteiger partial charge in [0.1, 0.15) is 0 Å². The summed E-state index contributed by atoms with van der Waals surface area (Å²) in [6.45, 7) is 7.22. The first-order valence-electron chi connectivity index (χ1n) is 5.56. The van der Waals surface area contributed by atoms with Gasteiger partial charge in [-0.15, -0.1) is 0 Å². The first-order chi connectivity index (χ1) is 7.88. The third-order valence-electron chi connectivity index (χ3n) is 2.67. The van der Waals surface area contributed by atoms with Crippen molar-refractivity contribution >= 4 is 15.9 Å². The van der Waals surface area contributed by atoms with Crippen LogP contribution in [0.4, 0.5) is 0 Å². The van der Waals surface area contributed by atoms with Gasteiger partial charge in [0.05, 0.1) is 34.9 Å². The minimum absolute atomic E-state index is 0.0521. The fraction of sp³-hybridized carbons (Fsp3) is 0.500. The topological polar surface area (TPSA) is 35.6 Å². The second kappa shape index (κ2) is 4.29. The molecule has 5 heteroatoms. The highest BCUT2D eigenvalue weighted by Crippen LogP contribution is 2.28. The molecule has 92 valence electrons. The van der Waals surface area contributed by atoms with Crippen LogP contribution in [0.3, 0.4) is 0 Å². The second-order valence-corrected chi connectivity index (χ2v) is 6.12. The van der Waals surface area contributed by atoms with E-state index in [1.807, 2.05) is 28.7 Å². The van der Waals surface area contributed by atoms with Crippen molar-refractivity contribution in [2.24, 2.45) is 7.05 Å². The van der Waals surface area contributed by atoms with Gasteiger partial charge in [-0.2, -0.15) is 5.10 Å². The Labute approximate surface area is 110 Å². The van der Waals surface area contributed by atoms with Crippen LogP contribution in [0.1, 0.15) is 32.2 Å². The summed E-state index contributed by atoms with van der Waals surface area (Å²) in [5.74, 6) is 0. The smallest absolute Gasteiger partial charge is 0.0946 e. The Bertz CT molecular complexity index is 519. The van der Waals surface area contributed by atoms with E-state index in [-0.39, 0.29) is 5.41 Å². The van der Waals surface area contributed by atoms with Crippen LogP contribution in [0.5, 0.6) is 0 Å². The van der Waals surface area contributed by atoms with Crippen LogP contribution in [-0.2, 0) is 19.0 Å².